The maximum Gasteiger partial charge on any atom is 0.236 e. The van der Waals surface area contributed by atoms with E-state index in [2.05, 4.69) is 29.4 Å². The van der Waals surface area contributed by atoms with Crippen molar-refractivity contribution in [1.29, 1.82) is 0 Å². The van der Waals surface area contributed by atoms with Gasteiger partial charge in [0.15, 0.2) is 0 Å². The van der Waals surface area contributed by atoms with E-state index in [1.165, 1.54) is 11.3 Å². The Morgan fingerprint density at radius 2 is 2.37 bits per heavy atom. The Kier molecular flexibility index (Phi) is 4.17. The minimum Gasteiger partial charge on any atom is -0.379 e. The van der Waals surface area contributed by atoms with Crippen molar-refractivity contribution in [2.75, 3.05) is 18.5 Å². The van der Waals surface area contributed by atoms with Crippen LogP contribution in [-0.4, -0.2) is 35.4 Å². The van der Waals surface area contributed by atoms with E-state index in [0.29, 0.717) is 24.3 Å². The monoisotopic (exact) mass is 284 g/mol. The van der Waals surface area contributed by atoms with E-state index in [1.807, 2.05) is 6.92 Å². The largest absolute Gasteiger partial charge is 0.379 e. The van der Waals surface area contributed by atoms with Crippen LogP contribution >= 0.6 is 11.3 Å². The second-order valence-electron chi connectivity index (χ2n) is 5.59. The van der Waals surface area contributed by atoms with Crippen molar-refractivity contribution in [2.24, 2.45) is 17.1 Å². The molecule has 2 heterocycles. The molecular weight excluding hydrogens is 264 g/mol. The standard InChI is InChI=1S/C12H20N4O2S/c1-7(2)4-9-15-16-11(19-9)14-10(17)12(3)6-18-5-8(12)13/h7-8H,4-6,13H2,1-3H3,(H,14,16,17). The Hall–Kier alpha value is -1.05. The molecule has 6 nitrogen and oxygen atoms in total. The fourth-order valence-electron chi connectivity index (χ4n) is 1.90. The van der Waals surface area contributed by atoms with Crippen LogP contribution in [0.25, 0.3) is 0 Å². The van der Waals surface area contributed by atoms with E-state index in [4.69, 9.17) is 10.5 Å². The zero-order chi connectivity index (χ0) is 14.0. The Morgan fingerprint density at radius 1 is 1.63 bits per heavy atom. The van der Waals surface area contributed by atoms with Crippen LogP contribution in [0.3, 0.4) is 0 Å². The fourth-order valence-corrected chi connectivity index (χ4v) is 2.85. The summed E-state index contributed by atoms with van der Waals surface area (Å²) in [6.45, 7) is 6.82. The van der Waals surface area contributed by atoms with Crippen molar-refractivity contribution < 1.29 is 9.53 Å². The van der Waals surface area contributed by atoms with Gasteiger partial charge in [-0.05, 0) is 12.8 Å². The molecule has 0 saturated carbocycles. The smallest absolute Gasteiger partial charge is 0.236 e. The van der Waals surface area contributed by atoms with Gasteiger partial charge in [-0.2, -0.15) is 0 Å². The van der Waals surface area contributed by atoms with Crippen LogP contribution in [0.15, 0.2) is 0 Å². The van der Waals surface area contributed by atoms with Crippen LogP contribution in [-0.2, 0) is 16.0 Å². The van der Waals surface area contributed by atoms with Crippen molar-refractivity contribution in [3.8, 4) is 0 Å². The molecule has 1 fully saturated rings. The predicted octanol–water partition coefficient (Wildman–Crippen LogP) is 1.04. The maximum absolute atomic E-state index is 12.2. The number of anilines is 1. The van der Waals surface area contributed by atoms with E-state index in [9.17, 15) is 4.79 Å². The van der Waals surface area contributed by atoms with Crippen molar-refractivity contribution >= 4 is 22.4 Å². The molecule has 1 aromatic rings. The van der Waals surface area contributed by atoms with Gasteiger partial charge in [-0.15, -0.1) is 10.2 Å². The first kappa shape index (κ1) is 14.4. The molecule has 1 aromatic heterocycles. The average Bonchev–Trinajstić information content (AvgIpc) is 2.87. The van der Waals surface area contributed by atoms with Crippen LogP contribution < -0.4 is 11.1 Å². The summed E-state index contributed by atoms with van der Waals surface area (Å²) in [5.74, 6) is 0.371. The lowest BCUT2D eigenvalue weighted by Crippen LogP contribution is -2.47. The number of ether oxygens (including phenoxy) is 1. The molecule has 0 bridgehead atoms. The third-order valence-electron chi connectivity index (χ3n) is 3.31. The number of nitrogens with zero attached hydrogens (tertiary/aromatic N) is 2. The second-order valence-corrected chi connectivity index (χ2v) is 6.65. The van der Waals surface area contributed by atoms with Gasteiger partial charge in [-0.3, -0.25) is 10.1 Å². The van der Waals surface area contributed by atoms with Gasteiger partial charge in [0.2, 0.25) is 11.0 Å². The van der Waals surface area contributed by atoms with Crippen LogP contribution in [0.2, 0.25) is 0 Å². The Balaban J connectivity index is 2.01. The van der Waals surface area contributed by atoms with Gasteiger partial charge in [0.25, 0.3) is 0 Å². The summed E-state index contributed by atoms with van der Waals surface area (Å²) >= 11 is 1.41. The zero-order valence-corrected chi connectivity index (χ0v) is 12.3. The molecule has 0 aliphatic carbocycles. The first-order valence-electron chi connectivity index (χ1n) is 6.39. The number of hydrogen-bond acceptors (Lipinski definition) is 6. The van der Waals surface area contributed by atoms with E-state index in [1.54, 1.807) is 0 Å². The molecule has 2 atom stereocenters. The number of hydrogen-bond donors (Lipinski definition) is 2. The number of carbonyl (C=O) groups excluding carboxylic acids is 1. The molecule has 3 N–H and O–H groups in total. The molecule has 1 saturated heterocycles. The van der Waals surface area contributed by atoms with Gasteiger partial charge in [0, 0.05) is 12.5 Å². The summed E-state index contributed by atoms with van der Waals surface area (Å²) < 4.78 is 5.27. The molecule has 1 amide bonds. The van der Waals surface area contributed by atoms with E-state index in [0.717, 1.165) is 11.4 Å². The molecule has 19 heavy (non-hydrogen) atoms. The Bertz CT molecular complexity index is 462. The van der Waals surface area contributed by atoms with Crippen LogP contribution in [0.5, 0.6) is 0 Å². The topological polar surface area (TPSA) is 90.1 Å². The number of aromatic nitrogens is 2. The number of nitrogens with two attached hydrogens (primary N) is 1. The number of nitrogens with one attached hydrogen (secondary N) is 1. The third-order valence-corrected chi connectivity index (χ3v) is 4.17. The van der Waals surface area contributed by atoms with Crippen molar-refractivity contribution in [3.05, 3.63) is 5.01 Å². The lowest BCUT2D eigenvalue weighted by molar-refractivity contribution is -0.125. The lowest BCUT2D eigenvalue weighted by Gasteiger charge is -2.24. The third kappa shape index (κ3) is 3.10. The number of carbonyl (C=O) groups is 1. The van der Waals surface area contributed by atoms with Crippen molar-refractivity contribution in [3.63, 3.8) is 0 Å². The highest BCUT2D eigenvalue weighted by Crippen LogP contribution is 2.29. The second kappa shape index (κ2) is 5.52. The summed E-state index contributed by atoms with van der Waals surface area (Å²) in [6.07, 6.45) is 0.868. The number of amides is 1. The van der Waals surface area contributed by atoms with E-state index in [-0.39, 0.29) is 11.9 Å². The molecule has 7 heteroatoms. The molecule has 2 rings (SSSR count). The Morgan fingerprint density at radius 3 is 2.95 bits per heavy atom. The van der Waals surface area contributed by atoms with Gasteiger partial charge in [-0.1, -0.05) is 25.2 Å². The first-order valence-corrected chi connectivity index (χ1v) is 7.20. The molecular formula is C12H20N4O2S. The van der Waals surface area contributed by atoms with E-state index < -0.39 is 5.41 Å². The normalized spacial score (nSPS) is 26.9. The van der Waals surface area contributed by atoms with Crippen LogP contribution in [0.1, 0.15) is 25.8 Å². The SMILES string of the molecule is CC(C)Cc1nnc(NC(=O)C2(C)COCC2N)s1. The quantitative estimate of drug-likeness (QED) is 0.862. The summed E-state index contributed by atoms with van der Waals surface area (Å²) in [5, 5.41) is 12.3. The molecule has 106 valence electrons. The van der Waals surface area contributed by atoms with Crippen LogP contribution in [0.4, 0.5) is 5.13 Å². The molecule has 1 aliphatic heterocycles. The minimum atomic E-state index is -0.691. The molecule has 0 aromatic carbocycles. The zero-order valence-electron chi connectivity index (χ0n) is 11.5. The average molecular weight is 284 g/mol. The highest BCUT2D eigenvalue weighted by atomic mass is 32.1. The Labute approximate surface area is 116 Å². The first-order chi connectivity index (χ1) is 8.91. The van der Waals surface area contributed by atoms with Crippen molar-refractivity contribution in [1.82, 2.24) is 10.2 Å². The van der Waals surface area contributed by atoms with Crippen LogP contribution in [0, 0.1) is 11.3 Å². The highest BCUT2D eigenvalue weighted by molar-refractivity contribution is 7.15. The lowest BCUT2D eigenvalue weighted by atomic mass is 9.85. The van der Waals surface area contributed by atoms with Gasteiger partial charge >= 0.3 is 0 Å². The summed E-state index contributed by atoms with van der Waals surface area (Å²) in [5.41, 5.74) is 5.23. The van der Waals surface area contributed by atoms with E-state index >= 15 is 0 Å². The maximum atomic E-state index is 12.2. The van der Waals surface area contributed by atoms with Crippen molar-refractivity contribution in [2.45, 2.75) is 33.2 Å². The molecule has 0 radical (unpaired) electrons. The number of rotatable bonds is 4. The van der Waals surface area contributed by atoms with Gasteiger partial charge in [0.05, 0.1) is 18.6 Å². The summed E-state index contributed by atoms with van der Waals surface area (Å²) in [4.78, 5) is 12.2. The van der Waals surface area contributed by atoms with Gasteiger partial charge < -0.3 is 10.5 Å². The molecule has 0 spiro atoms. The highest BCUT2D eigenvalue weighted by Gasteiger charge is 2.44. The fraction of sp³-hybridized carbons (Fsp3) is 0.750. The molecule has 2 unspecified atom stereocenters. The molecule has 1 aliphatic rings. The summed E-state index contributed by atoms with van der Waals surface area (Å²) in [7, 11) is 0. The minimum absolute atomic E-state index is 0.148. The van der Waals surface area contributed by atoms with Gasteiger partial charge in [0.1, 0.15) is 5.01 Å². The predicted molar refractivity (Wildman–Crippen MR) is 74.0 cm³/mol. The van der Waals surface area contributed by atoms with Gasteiger partial charge in [-0.25, -0.2) is 0 Å². The summed E-state index contributed by atoms with van der Waals surface area (Å²) in [6, 6.07) is -0.282.